The van der Waals surface area contributed by atoms with Gasteiger partial charge in [0.05, 0.1) is 7.11 Å². The second-order valence-corrected chi connectivity index (χ2v) is 5.25. The van der Waals surface area contributed by atoms with E-state index in [0.29, 0.717) is 25.1 Å². The molecular weight excluding hydrogens is 296 g/mol. The molecular formula is C17H24N2O4. The van der Waals surface area contributed by atoms with Crippen LogP contribution in [-0.4, -0.2) is 31.4 Å². The van der Waals surface area contributed by atoms with Gasteiger partial charge in [-0.2, -0.15) is 0 Å². The third-order valence-electron chi connectivity index (χ3n) is 3.33. The summed E-state index contributed by atoms with van der Waals surface area (Å²) in [5, 5.41) is 5.55. The Morgan fingerprint density at radius 2 is 1.70 bits per heavy atom. The van der Waals surface area contributed by atoms with Crippen LogP contribution in [0.5, 0.6) is 0 Å². The molecule has 0 aliphatic carbocycles. The number of carbonyl (C=O) groups is 3. The number of hydrogen-bond acceptors (Lipinski definition) is 4. The average molecular weight is 320 g/mol. The highest BCUT2D eigenvalue weighted by atomic mass is 16.5. The number of unbranched alkanes of at least 4 members (excludes halogenated alkanes) is 2. The Kier molecular flexibility index (Phi) is 8.42. The van der Waals surface area contributed by atoms with Gasteiger partial charge in [-0.3, -0.25) is 14.4 Å². The number of hydrogen-bond donors (Lipinski definition) is 2. The summed E-state index contributed by atoms with van der Waals surface area (Å²) in [4.78, 5) is 33.7. The van der Waals surface area contributed by atoms with E-state index in [2.05, 4.69) is 15.4 Å². The number of benzene rings is 1. The van der Waals surface area contributed by atoms with E-state index in [1.54, 1.807) is 12.1 Å². The first-order chi connectivity index (χ1) is 11.0. The smallest absolute Gasteiger partial charge is 0.305 e. The van der Waals surface area contributed by atoms with Crippen molar-refractivity contribution in [2.75, 3.05) is 13.7 Å². The summed E-state index contributed by atoms with van der Waals surface area (Å²) in [6.45, 7) is 2.50. The minimum absolute atomic E-state index is 0.0842. The summed E-state index contributed by atoms with van der Waals surface area (Å²) in [5.74, 6) is -0.406. The first-order valence-corrected chi connectivity index (χ1v) is 7.71. The van der Waals surface area contributed by atoms with Crippen molar-refractivity contribution in [3.8, 4) is 0 Å². The van der Waals surface area contributed by atoms with Gasteiger partial charge >= 0.3 is 5.97 Å². The van der Waals surface area contributed by atoms with Crippen LogP contribution in [0.2, 0.25) is 0 Å². The zero-order valence-electron chi connectivity index (χ0n) is 13.7. The Morgan fingerprint density at radius 3 is 2.30 bits per heavy atom. The van der Waals surface area contributed by atoms with Crippen LogP contribution < -0.4 is 10.6 Å². The van der Waals surface area contributed by atoms with Gasteiger partial charge in [0, 0.05) is 32.0 Å². The minimum atomic E-state index is -0.201. The lowest BCUT2D eigenvalue weighted by Crippen LogP contribution is -2.24. The molecule has 2 amide bonds. The highest BCUT2D eigenvalue weighted by Crippen LogP contribution is 2.05. The summed E-state index contributed by atoms with van der Waals surface area (Å²) >= 11 is 0. The molecule has 0 saturated carbocycles. The van der Waals surface area contributed by atoms with Crippen molar-refractivity contribution in [1.29, 1.82) is 0 Å². The molecule has 0 bridgehead atoms. The van der Waals surface area contributed by atoms with E-state index < -0.39 is 0 Å². The molecule has 23 heavy (non-hydrogen) atoms. The van der Waals surface area contributed by atoms with Crippen molar-refractivity contribution in [2.45, 2.75) is 39.2 Å². The van der Waals surface area contributed by atoms with Gasteiger partial charge in [0.1, 0.15) is 0 Å². The van der Waals surface area contributed by atoms with E-state index in [1.807, 2.05) is 12.1 Å². The fourth-order valence-corrected chi connectivity index (χ4v) is 1.98. The molecule has 0 unspecified atom stereocenters. The summed E-state index contributed by atoms with van der Waals surface area (Å²) in [6.07, 6.45) is 2.87. The van der Waals surface area contributed by atoms with Gasteiger partial charge in [-0.1, -0.05) is 18.6 Å². The molecule has 0 heterocycles. The lowest BCUT2D eigenvalue weighted by Gasteiger charge is -2.07. The second-order valence-electron chi connectivity index (χ2n) is 5.25. The van der Waals surface area contributed by atoms with Gasteiger partial charge in [0.25, 0.3) is 5.91 Å². The summed E-state index contributed by atoms with van der Waals surface area (Å²) in [5.41, 5.74) is 1.53. The molecule has 1 rings (SSSR count). The molecule has 0 aliphatic rings. The number of ether oxygens (including phenoxy) is 1. The molecule has 2 N–H and O–H groups in total. The molecule has 0 fully saturated rings. The van der Waals surface area contributed by atoms with Crippen molar-refractivity contribution >= 4 is 17.8 Å². The fraction of sp³-hybridized carbons (Fsp3) is 0.471. The molecule has 0 aliphatic heterocycles. The topological polar surface area (TPSA) is 84.5 Å². The number of rotatable bonds is 9. The van der Waals surface area contributed by atoms with Crippen molar-refractivity contribution < 1.29 is 19.1 Å². The molecule has 1 aromatic rings. The molecule has 126 valence electrons. The third kappa shape index (κ3) is 7.99. The molecule has 0 saturated heterocycles. The monoisotopic (exact) mass is 320 g/mol. The fourth-order valence-electron chi connectivity index (χ4n) is 1.98. The van der Waals surface area contributed by atoms with Crippen LogP contribution in [0.25, 0.3) is 0 Å². The molecule has 0 spiro atoms. The number of amides is 2. The highest BCUT2D eigenvalue weighted by Gasteiger charge is 2.05. The predicted octanol–water partition coefficient (Wildman–Crippen LogP) is 1.79. The van der Waals surface area contributed by atoms with Crippen LogP contribution >= 0.6 is 0 Å². The maximum atomic E-state index is 12.0. The van der Waals surface area contributed by atoms with Gasteiger partial charge in [0.2, 0.25) is 5.91 Å². The van der Waals surface area contributed by atoms with E-state index in [1.165, 1.54) is 14.0 Å². The van der Waals surface area contributed by atoms with Crippen molar-refractivity contribution in [1.82, 2.24) is 10.6 Å². The number of methoxy groups -OCH3 is 1. The van der Waals surface area contributed by atoms with Gasteiger partial charge in [-0.05, 0) is 30.5 Å². The van der Waals surface area contributed by atoms with E-state index in [9.17, 15) is 14.4 Å². The first kappa shape index (κ1) is 18.7. The molecule has 1 aromatic carbocycles. The number of carbonyl (C=O) groups excluding carboxylic acids is 3. The van der Waals surface area contributed by atoms with Gasteiger partial charge < -0.3 is 15.4 Å². The molecule has 0 radical (unpaired) electrons. The van der Waals surface area contributed by atoms with E-state index in [4.69, 9.17) is 0 Å². The van der Waals surface area contributed by atoms with Gasteiger partial charge in [-0.15, -0.1) is 0 Å². The molecule has 6 heteroatoms. The SMILES string of the molecule is COC(=O)CCCCCNC(=O)c1ccc(CNC(C)=O)cc1. The third-order valence-corrected chi connectivity index (χ3v) is 3.33. The van der Waals surface area contributed by atoms with Gasteiger partial charge in [-0.25, -0.2) is 0 Å². The second kappa shape index (κ2) is 10.4. The Bertz CT molecular complexity index is 526. The van der Waals surface area contributed by atoms with Crippen LogP contribution in [0.15, 0.2) is 24.3 Å². The largest absolute Gasteiger partial charge is 0.469 e. The standard InChI is InChI=1S/C17H24N2O4/c1-13(20)19-12-14-7-9-15(10-8-14)17(22)18-11-5-3-4-6-16(21)23-2/h7-10H,3-6,11-12H2,1-2H3,(H,18,22)(H,19,20). The Hall–Kier alpha value is -2.37. The van der Waals surface area contributed by atoms with Crippen LogP contribution in [-0.2, 0) is 20.9 Å². The highest BCUT2D eigenvalue weighted by molar-refractivity contribution is 5.94. The summed E-state index contributed by atoms with van der Waals surface area (Å²) in [7, 11) is 1.38. The molecule has 6 nitrogen and oxygen atoms in total. The van der Waals surface area contributed by atoms with Crippen molar-refractivity contribution in [2.24, 2.45) is 0 Å². The lowest BCUT2D eigenvalue weighted by molar-refractivity contribution is -0.140. The maximum absolute atomic E-state index is 12.0. The Labute approximate surface area is 136 Å². The first-order valence-electron chi connectivity index (χ1n) is 7.71. The molecule has 0 aromatic heterocycles. The predicted molar refractivity (Wildman–Crippen MR) is 86.8 cm³/mol. The minimum Gasteiger partial charge on any atom is -0.469 e. The average Bonchev–Trinajstić information content (AvgIpc) is 2.56. The number of nitrogens with one attached hydrogen (secondary N) is 2. The zero-order valence-corrected chi connectivity index (χ0v) is 13.7. The van der Waals surface area contributed by atoms with Crippen LogP contribution in [0.3, 0.4) is 0 Å². The van der Waals surface area contributed by atoms with Crippen molar-refractivity contribution in [3.05, 3.63) is 35.4 Å². The maximum Gasteiger partial charge on any atom is 0.305 e. The van der Waals surface area contributed by atoms with Crippen LogP contribution in [0.1, 0.15) is 48.5 Å². The number of esters is 1. The summed E-state index contributed by atoms with van der Waals surface area (Å²) in [6, 6.07) is 7.12. The Morgan fingerprint density at radius 1 is 1.00 bits per heavy atom. The van der Waals surface area contributed by atoms with E-state index >= 15 is 0 Å². The quantitative estimate of drug-likeness (QED) is 0.536. The van der Waals surface area contributed by atoms with E-state index in [0.717, 1.165) is 24.8 Å². The Balaban J connectivity index is 2.24. The normalized spacial score (nSPS) is 10.0. The van der Waals surface area contributed by atoms with Crippen LogP contribution in [0, 0.1) is 0 Å². The molecule has 0 atom stereocenters. The van der Waals surface area contributed by atoms with Crippen molar-refractivity contribution in [3.63, 3.8) is 0 Å². The van der Waals surface area contributed by atoms with Gasteiger partial charge in [0.15, 0.2) is 0 Å². The van der Waals surface area contributed by atoms with E-state index in [-0.39, 0.29) is 17.8 Å². The van der Waals surface area contributed by atoms with Crippen LogP contribution in [0.4, 0.5) is 0 Å². The lowest BCUT2D eigenvalue weighted by atomic mass is 10.1. The zero-order chi connectivity index (χ0) is 17.1. The summed E-state index contributed by atoms with van der Waals surface area (Å²) < 4.78 is 4.56.